The molecule has 0 spiro atoms. The summed E-state index contributed by atoms with van der Waals surface area (Å²) in [5.74, 6) is 0.687. The molecule has 1 atom stereocenters. The van der Waals surface area contributed by atoms with Gasteiger partial charge in [0.1, 0.15) is 17.8 Å². The third kappa shape index (κ3) is 2.05. The second-order valence-electron chi connectivity index (χ2n) is 5.22. The first kappa shape index (κ1) is 12.3. The number of hydrogen-bond donors (Lipinski definition) is 0. The molecular formula is C16H14FN4. The molecule has 2 aromatic heterocycles. The molecule has 5 heteroatoms. The smallest absolute Gasteiger partial charge is 0.154 e. The van der Waals surface area contributed by atoms with Gasteiger partial charge in [0.2, 0.25) is 0 Å². The summed E-state index contributed by atoms with van der Waals surface area (Å²) in [4.78, 5) is 6.30. The molecule has 1 fully saturated rings. The zero-order valence-electron chi connectivity index (χ0n) is 11.4. The predicted octanol–water partition coefficient (Wildman–Crippen LogP) is 3.01. The topological polar surface area (TPSA) is 33.4 Å². The van der Waals surface area contributed by atoms with Crippen molar-refractivity contribution in [3.63, 3.8) is 0 Å². The summed E-state index contributed by atoms with van der Waals surface area (Å²) in [6.45, 7) is 0.881. The molecule has 1 radical (unpaired) electrons. The largest absolute Gasteiger partial charge is 0.348 e. The van der Waals surface area contributed by atoms with Crippen LogP contribution in [0.4, 0.5) is 10.2 Å². The molecule has 4 nitrogen and oxygen atoms in total. The number of imidazole rings is 1. The van der Waals surface area contributed by atoms with Crippen molar-refractivity contribution in [2.75, 3.05) is 11.4 Å². The number of rotatable bonds is 2. The molecule has 1 aromatic carbocycles. The molecule has 1 saturated heterocycles. The van der Waals surface area contributed by atoms with Crippen LogP contribution in [0.3, 0.4) is 0 Å². The average Bonchev–Trinajstić information content (AvgIpc) is 3.15. The number of anilines is 1. The summed E-state index contributed by atoms with van der Waals surface area (Å²) >= 11 is 0. The predicted molar refractivity (Wildman–Crippen MR) is 77.5 cm³/mol. The summed E-state index contributed by atoms with van der Waals surface area (Å²) in [7, 11) is 0. The fourth-order valence-electron chi connectivity index (χ4n) is 3.01. The Morgan fingerprint density at radius 3 is 3.00 bits per heavy atom. The number of fused-ring (bicyclic) bond motifs is 1. The van der Waals surface area contributed by atoms with E-state index in [1.165, 1.54) is 6.07 Å². The van der Waals surface area contributed by atoms with Crippen LogP contribution in [0.15, 0.2) is 42.6 Å². The van der Waals surface area contributed by atoms with Crippen molar-refractivity contribution in [1.82, 2.24) is 14.6 Å². The zero-order chi connectivity index (χ0) is 14.2. The molecule has 105 valence electrons. The highest BCUT2D eigenvalue weighted by atomic mass is 19.1. The maximum absolute atomic E-state index is 14.1. The van der Waals surface area contributed by atoms with Gasteiger partial charge in [0.25, 0.3) is 0 Å². The third-order valence-corrected chi connectivity index (χ3v) is 3.99. The highest BCUT2D eigenvalue weighted by Gasteiger charge is 2.29. The fraction of sp³-hybridized carbons (Fsp3) is 0.250. The number of halogens is 1. The number of nitrogens with zero attached hydrogens (tertiary/aromatic N) is 4. The van der Waals surface area contributed by atoms with E-state index in [0.29, 0.717) is 0 Å². The molecule has 0 bridgehead atoms. The van der Waals surface area contributed by atoms with Crippen LogP contribution in [0.2, 0.25) is 0 Å². The van der Waals surface area contributed by atoms with Crippen molar-refractivity contribution < 1.29 is 4.39 Å². The van der Waals surface area contributed by atoms with E-state index in [-0.39, 0.29) is 11.9 Å². The van der Waals surface area contributed by atoms with Crippen LogP contribution in [0.25, 0.3) is 5.65 Å². The van der Waals surface area contributed by atoms with Gasteiger partial charge in [-0.15, -0.1) is 5.10 Å². The maximum atomic E-state index is 14.1. The molecule has 3 heterocycles. The van der Waals surface area contributed by atoms with E-state index in [9.17, 15) is 4.39 Å². The summed E-state index contributed by atoms with van der Waals surface area (Å²) < 4.78 is 15.7. The van der Waals surface area contributed by atoms with Gasteiger partial charge in [-0.3, -0.25) is 0 Å². The standard InChI is InChI=1S/C16H14FN4/c17-13-5-2-1-4-12(13)14-6-3-10-20(14)16-8-7-15-18-9-11-21(15)19-16/h1-2,4-5,7-9,14H,3,6,10H2. The van der Waals surface area contributed by atoms with Crippen LogP contribution in [0, 0.1) is 12.0 Å². The minimum absolute atomic E-state index is 0.0414. The van der Waals surface area contributed by atoms with Gasteiger partial charge >= 0.3 is 0 Å². The van der Waals surface area contributed by atoms with Crippen molar-refractivity contribution in [1.29, 1.82) is 0 Å². The van der Waals surface area contributed by atoms with E-state index in [4.69, 9.17) is 0 Å². The lowest BCUT2D eigenvalue weighted by atomic mass is 10.0. The number of benzene rings is 1. The van der Waals surface area contributed by atoms with E-state index in [2.05, 4.69) is 21.2 Å². The molecule has 3 aromatic rings. The van der Waals surface area contributed by atoms with E-state index in [0.717, 1.165) is 36.4 Å². The Morgan fingerprint density at radius 2 is 2.10 bits per heavy atom. The molecule has 0 saturated carbocycles. The van der Waals surface area contributed by atoms with Crippen LogP contribution in [0.5, 0.6) is 0 Å². The molecule has 0 aliphatic carbocycles. The molecule has 1 unspecified atom stereocenters. The Balaban J connectivity index is 1.74. The molecule has 0 amide bonds. The monoisotopic (exact) mass is 281 g/mol. The van der Waals surface area contributed by atoms with E-state index in [1.807, 2.05) is 24.3 Å². The van der Waals surface area contributed by atoms with Crippen molar-refractivity contribution in [2.24, 2.45) is 0 Å². The van der Waals surface area contributed by atoms with E-state index in [1.54, 1.807) is 16.8 Å². The van der Waals surface area contributed by atoms with E-state index >= 15 is 0 Å². The quantitative estimate of drug-likeness (QED) is 0.724. The number of hydrogen-bond acceptors (Lipinski definition) is 3. The summed E-state index contributed by atoms with van der Waals surface area (Å²) in [5, 5.41) is 4.52. The SMILES string of the molecule is Fc1ccccc1C1CCCN1c1ccc2nc[c]n2n1. The Bertz CT molecular complexity index is 783. The van der Waals surface area contributed by atoms with Gasteiger partial charge in [0.15, 0.2) is 5.65 Å². The fourth-order valence-corrected chi connectivity index (χ4v) is 3.01. The molecule has 0 N–H and O–H groups in total. The lowest BCUT2D eigenvalue weighted by Crippen LogP contribution is -2.24. The van der Waals surface area contributed by atoms with Gasteiger partial charge in [0.05, 0.1) is 12.2 Å². The minimum Gasteiger partial charge on any atom is -0.348 e. The van der Waals surface area contributed by atoms with Crippen LogP contribution in [-0.2, 0) is 0 Å². The van der Waals surface area contributed by atoms with Crippen LogP contribution in [-0.4, -0.2) is 21.1 Å². The summed E-state index contributed by atoms with van der Waals surface area (Å²) in [6, 6.07) is 10.9. The van der Waals surface area contributed by atoms with Crippen molar-refractivity contribution >= 4 is 11.5 Å². The van der Waals surface area contributed by atoms with Crippen LogP contribution in [0.1, 0.15) is 24.4 Å². The first-order valence-corrected chi connectivity index (χ1v) is 7.06. The van der Waals surface area contributed by atoms with Crippen LogP contribution < -0.4 is 4.90 Å². The second-order valence-corrected chi connectivity index (χ2v) is 5.22. The van der Waals surface area contributed by atoms with Crippen molar-refractivity contribution in [2.45, 2.75) is 18.9 Å². The molecule has 1 aliphatic heterocycles. The van der Waals surface area contributed by atoms with Gasteiger partial charge in [-0.05, 0) is 31.0 Å². The zero-order valence-corrected chi connectivity index (χ0v) is 11.4. The highest BCUT2D eigenvalue weighted by Crippen LogP contribution is 2.36. The van der Waals surface area contributed by atoms with Crippen LogP contribution >= 0.6 is 0 Å². The van der Waals surface area contributed by atoms with Crippen molar-refractivity contribution in [3.05, 3.63) is 60.2 Å². The minimum atomic E-state index is -0.148. The first-order chi connectivity index (χ1) is 10.3. The molecule has 4 rings (SSSR count). The Kier molecular flexibility index (Phi) is 2.84. The van der Waals surface area contributed by atoms with E-state index < -0.39 is 0 Å². The first-order valence-electron chi connectivity index (χ1n) is 7.06. The van der Waals surface area contributed by atoms with Gasteiger partial charge in [0, 0.05) is 12.1 Å². The lowest BCUT2D eigenvalue weighted by Gasteiger charge is -2.26. The van der Waals surface area contributed by atoms with Crippen molar-refractivity contribution in [3.8, 4) is 0 Å². The lowest BCUT2D eigenvalue weighted by molar-refractivity contribution is 0.578. The third-order valence-electron chi connectivity index (χ3n) is 3.99. The van der Waals surface area contributed by atoms with Gasteiger partial charge in [-0.2, -0.15) is 0 Å². The number of aromatic nitrogens is 3. The average molecular weight is 281 g/mol. The molecule has 1 aliphatic rings. The Hall–Kier alpha value is -2.43. The Labute approximate surface area is 121 Å². The normalized spacial score (nSPS) is 18.5. The second kappa shape index (κ2) is 4.84. The molecule has 21 heavy (non-hydrogen) atoms. The summed E-state index contributed by atoms with van der Waals surface area (Å²) in [5.41, 5.74) is 1.51. The highest BCUT2D eigenvalue weighted by molar-refractivity contribution is 5.48. The Morgan fingerprint density at radius 1 is 1.19 bits per heavy atom. The maximum Gasteiger partial charge on any atom is 0.154 e. The van der Waals surface area contributed by atoms with Gasteiger partial charge in [-0.25, -0.2) is 13.9 Å². The summed E-state index contributed by atoms with van der Waals surface area (Å²) in [6.07, 6.45) is 6.52. The molecular weight excluding hydrogens is 267 g/mol. The van der Waals surface area contributed by atoms with Gasteiger partial charge in [-0.1, -0.05) is 18.2 Å². The van der Waals surface area contributed by atoms with Gasteiger partial charge < -0.3 is 4.90 Å².